The minimum Gasteiger partial charge on any atom is -0.480 e. The summed E-state index contributed by atoms with van der Waals surface area (Å²) in [6.07, 6.45) is 2.59. The lowest BCUT2D eigenvalue weighted by molar-refractivity contribution is -0.150. The molecule has 1 amide bonds. The van der Waals surface area contributed by atoms with Gasteiger partial charge in [-0.05, 0) is 44.7 Å². The van der Waals surface area contributed by atoms with Crippen LogP contribution in [0.3, 0.4) is 0 Å². The van der Waals surface area contributed by atoms with E-state index in [1.54, 1.807) is 0 Å². The second kappa shape index (κ2) is 9.97. The monoisotopic (exact) mass is 321 g/mol. The zero-order valence-electron chi connectivity index (χ0n) is 13.6. The van der Waals surface area contributed by atoms with Crippen molar-refractivity contribution in [3.63, 3.8) is 0 Å². The van der Waals surface area contributed by atoms with E-state index in [-0.39, 0.29) is 5.91 Å². The Bertz CT molecular complexity index is 493. The topological polar surface area (TPSA) is 110 Å². The third-order valence-corrected chi connectivity index (χ3v) is 3.85. The van der Waals surface area contributed by atoms with Crippen LogP contribution in [0.25, 0.3) is 0 Å². The van der Waals surface area contributed by atoms with E-state index in [1.807, 2.05) is 30.3 Å². The molecular formula is C17H27N3O3. The first-order chi connectivity index (χ1) is 11.0. The molecule has 1 aromatic rings. The van der Waals surface area contributed by atoms with Gasteiger partial charge < -0.3 is 21.5 Å². The van der Waals surface area contributed by atoms with E-state index >= 15 is 0 Å². The minimum absolute atomic E-state index is 0.318. The number of rotatable bonds is 10. The first-order valence-corrected chi connectivity index (χ1v) is 8.00. The normalized spacial score (nSPS) is 13.3. The Labute approximate surface area is 137 Å². The molecule has 0 fully saturated rings. The molecule has 0 aliphatic heterocycles. The van der Waals surface area contributed by atoms with Crippen LogP contribution in [0, 0.1) is 0 Å². The number of carbonyl (C=O) groups excluding carboxylic acids is 1. The molecule has 1 rings (SSSR count). The lowest BCUT2D eigenvalue weighted by Crippen LogP contribution is -2.50. The van der Waals surface area contributed by atoms with Gasteiger partial charge in [-0.15, -0.1) is 0 Å². The average molecular weight is 321 g/mol. The Hall–Kier alpha value is -1.92. The third kappa shape index (κ3) is 6.38. The van der Waals surface area contributed by atoms with E-state index in [1.165, 1.54) is 11.8 Å². The smallest absolute Gasteiger partial charge is 0.326 e. The molecule has 6 heteroatoms. The molecule has 0 saturated carbocycles. The summed E-state index contributed by atoms with van der Waals surface area (Å²) in [6, 6.07) is 8.31. The van der Waals surface area contributed by atoms with Gasteiger partial charge >= 0.3 is 5.97 Å². The maximum Gasteiger partial charge on any atom is 0.326 e. The van der Waals surface area contributed by atoms with Gasteiger partial charge in [0, 0.05) is 6.54 Å². The summed E-state index contributed by atoms with van der Waals surface area (Å²) < 4.78 is 0. The van der Waals surface area contributed by atoms with Crippen molar-refractivity contribution in [3.05, 3.63) is 35.9 Å². The highest BCUT2D eigenvalue weighted by molar-refractivity contribution is 5.86. The Kier molecular flexibility index (Phi) is 8.29. The maximum absolute atomic E-state index is 12.4. The number of aliphatic carboxylic acids is 1. The molecule has 23 heavy (non-hydrogen) atoms. The van der Waals surface area contributed by atoms with Crippen LogP contribution >= 0.6 is 0 Å². The van der Waals surface area contributed by atoms with Crippen LogP contribution in [0.15, 0.2) is 30.3 Å². The van der Waals surface area contributed by atoms with Gasteiger partial charge in [0.25, 0.3) is 0 Å². The highest BCUT2D eigenvalue weighted by atomic mass is 16.4. The van der Waals surface area contributed by atoms with E-state index in [4.69, 9.17) is 11.5 Å². The summed E-state index contributed by atoms with van der Waals surface area (Å²) in [4.78, 5) is 25.1. The lowest BCUT2D eigenvalue weighted by Gasteiger charge is -2.29. The van der Waals surface area contributed by atoms with Crippen LogP contribution in [0.5, 0.6) is 0 Å². The van der Waals surface area contributed by atoms with E-state index in [9.17, 15) is 14.7 Å². The fraction of sp³-hybridized carbons (Fsp3) is 0.529. The van der Waals surface area contributed by atoms with Crippen LogP contribution in [0.4, 0.5) is 0 Å². The molecule has 2 atom stereocenters. The number of carboxylic acid groups (broad SMARTS) is 1. The molecule has 128 valence electrons. The molecule has 0 aliphatic rings. The number of carbonyl (C=O) groups is 2. The van der Waals surface area contributed by atoms with Gasteiger partial charge in [-0.2, -0.15) is 0 Å². The van der Waals surface area contributed by atoms with Crippen molar-refractivity contribution in [1.29, 1.82) is 0 Å². The van der Waals surface area contributed by atoms with E-state index in [2.05, 4.69) is 0 Å². The molecule has 0 heterocycles. The zero-order valence-corrected chi connectivity index (χ0v) is 13.6. The van der Waals surface area contributed by atoms with Gasteiger partial charge in [-0.25, -0.2) is 4.79 Å². The number of aryl methyl sites for hydroxylation is 1. The van der Waals surface area contributed by atoms with Gasteiger partial charge in [0.05, 0.1) is 6.04 Å². The zero-order chi connectivity index (χ0) is 17.2. The Morgan fingerprint density at radius 2 is 1.87 bits per heavy atom. The molecule has 6 nitrogen and oxygen atoms in total. The number of amides is 1. The number of nitrogens with zero attached hydrogens (tertiary/aromatic N) is 1. The standard InChI is InChI=1S/C17H27N3O3/c1-13(17(22)23)20(16(21)15(19)10-5-11-18)12-6-9-14-7-3-2-4-8-14/h2-4,7-8,13,15H,5-6,9-12,18-19H2,1H3,(H,22,23)/t13-,15+/m0/s1. The van der Waals surface area contributed by atoms with Crippen molar-refractivity contribution in [2.45, 2.75) is 44.7 Å². The number of hydrogen-bond acceptors (Lipinski definition) is 4. The van der Waals surface area contributed by atoms with Crippen molar-refractivity contribution in [3.8, 4) is 0 Å². The van der Waals surface area contributed by atoms with E-state index in [0.717, 1.165) is 12.0 Å². The van der Waals surface area contributed by atoms with Gasteiger partial charge in [-0.3, -0.25) is 4.79 Å². The summed E-state index contributed by atoms with van der Waals surface area (Å²) in [5, 5.41) is 9.22. The number of hydrogen-bond donors (Lipinski definition) is 3. The average Bonchev–Trinajstić information content (AvgIpc) is 2.56. The molecule has 0 aromatic heterocycles. The number of benzene rings is 1. The second-order valence-electron chi connectivity index (χ2n) is 5.67. The molecule has 0 radical (unpaired) electrons. The van der Waals surface area contributed by atoms with E-state index < -0.39 is 18.1 Å². The molecule has 0 unspecified atom stereocenters. The predicted octanol–water partition coefficient (Wildman–Crippen LogP) is 0.987. The second-order valence-corrected chi connectivity index (χ2v) is 5.67. The molecule has 0 bridgehead atoms. The van der Waals surface area contributed by atoms with Crippen molar-refractivity contribution >= 4 is 11.9 Å². The van der Waals surface area contributed by atoms with Gasteiger partial charge in [-0.1, -0.05) is 30.3 Å². The van der Waals surface area contributed by atoms with Gasteiger partial charge in [0.2, 0.25) is 5.91 Å². The predicted molar refractivity (Wildman–Crippen MR) is 89.8 cm³/mol. The van der Waals surface area contributed by atoms with Crippen LogP contribution in [-0.2, 0) is 16.0 Å². The lowest BCUT2D eigenvalue weighted by atomic mass is 10.1. The van der Waals surface area contributed by atoms with Gasteiger partial charge in [0.15, 0.2) is 0 Å². The summed E-state index contributed by atoms with van der Waals surface area (Å²) in [5.74, 6) is -1.34. The molecule has 5 N–H and O–H groups in total. The Balaban J connectivity index is 2.64. The molecule has 0 spiro atoms. The molecule has 0 aliphatic carbocycles. The summed E-state index contributed by atoms with van der Waals surface area (Å²) >= 11 is 0. The van der Waals surface area contributed by atoms with Crippen molar-refractivity contribution in [2.24, 2.45) is 11.5 Å². The first kappa shape index (κ1) is 19.1. The Morgan fingerprint density at radius 3 is 2.43 bits per heavy atom. The first-order valence-electron chi connectivity index (χ1n) is 8.00. The number of carboxylic acids is 1. The summed E-state index contributed by atoms with van der Waals surface area (Å²) in [5.41, 5.74) is 12.5. The van der Waals surface area contributed by atoms with Crippen LogP contribution < -0.4 is 11.5 Å². The third-order valence-electron chi connectivity index (χ3n) is 3.85. The fourth-order valence-electron chi connectivity index (χ4n) is 2.40. The largest absolute Gasteiger partial charge is 0.480 e. The highest BCUT2D eigenvalue weighted by Crippen LogP contribution is 2.09. The maximum atomic E-state index is 12.4. The summed E-state index contributed by atoms with van der Waals surface area (Å²) in [6.45, 7) is 2.35. The van der Waals surface area contributed by atoms with Crippen LogP contribution in [0.1, 0.15) is 31.7 Å². The fourth-order valence-corrected chi connectivity index (χ4v) is 2.40. The minimum atomic E-state index is -1.02. The van der Waals surface area contributed by atoms with Crippen molar-refractivity contribution in [1.82, 2.24) is 4.90 Å². The van der Waals surface area contributed by atoms with Gasteiger partial charge in [0.1, 0.15) is 6.04 Å². The van der Waals surface area contributed by atoms with Crippen molar-refractivity contribution < 1.29 is 14.7 Å². The van der Waals surface area contributed by atoms with E-state index in [0.29, 0.717) is 32.4 Å². The molecular weight excluding hydrogens is 294 g/mol. The Morgan fingerprint density at radius 1 is 1.22 bits per heavy atom. The highest BCUT2D eigenvalue weighted by Gasteiger charge is 2.28. The SMILES string of the molecule is C[C@@H](C(=O)O)N(CCCc1ccccc1)C(=O)[C@H](N)CCCN. The number of nitrogens with two attached hydrogens (primary N) is 2. The van der Waals surface area contributed by atoms with Crippen molar-refractivity contribution in [2.75, 3.05) is 13.1 Å². The quantitative estimate of drug-likeness (QED) is 0.595. The van der Waals surface area contributed by atoms with Crippen LogP contribution in [-0.4, -0.2) is 47.1 Å². The molecule has 0 saturated heterocycles. The van der Waals surface area contributed by atoms with Crippen LogP contribution in [0.2, 0.25) is 0 Å². The summed E-state index contributed by atoms with van der Waals surface area (Å²) in [7, 11) is 0. The molecule has 1 aromatic carbocycles.